The van der Waals surface area contributed by atoms with Crippen LogP contribution in [0.15, 0.2) is 22.7 Å². The highest BCUT2D eigenvalue weighted by molar-refractivity contribution is 9.10. The molecule has 0 saturated carbocycles. The lowest BCUT2D eigenvalue weighted by Crippen LogP contribution is -2.63. The second kappa shape index (κ2) is 13.9. The van der Waals surface area contributed by atoms with Crippen molar-refractivity contribution >= 4 is 39.8 Å². The molecule has 41 heavy (non-hydrogen) atoms. The zero-order valence-corrected chi connectivity index (χ0v) is 25.0. The molecule has 1 aliphatic rings. The molecule has 1 aromatic heterocycles. The van der Waals surface area contributed by atoms with Gasteiger partial charge in [0, 0.05) is 49.8 Å². The fourth-order valence-corrected chi connectivity index (χ4v) is 4.69. The van der Waals surface area contributed by atoms with Crippen molar-refractivity contribution in [2.75, 3.05) is 6.61 Å². The number of benzene rings is 1. The molecule has 1 aliphatic heterocycles. The van der Waals surface area contributed by atoms with E-state index in [1.165, 1.54) is 13.0 Å². The fourth-order valence-electron chi connectivity index (χ4n) is 4.36. The molecule has 2 aromatic rings. The van der Waals surface area contributed by atoms with Gasteiger partial charge >= 0.3 is 23.9 Å². The van der Waals surface area contributed by atoms with Crippen LogP contribution in [0.3, 0.4) is 0 Å². The van der Waals surface area contributed by atoms with Crippen molar-refractivity contribution in [1.29, 1.82) is 0 Å². The number of hydrogen-bond donors (Lipinski definition) is 1. The predicted octanol–water partition coefficient (Wildman–Crippen LogP) is 3.49. The molecule has 1 fully saturated rings. The normalized spacial score (nSPS) is 22.1. The molecular weight excluding hydrogens is 611 g/mol. The molecule has 14 heteroatoms. The Kier molecular flexibility index (Phi) is 10.8. The maximum absolute atomic E-state index is 14.8. The molecule has 1 saturated heterocycles. The van der Waals surface area contributed by atoms with Gasteiger partial charge in [-0.15, -0.1) is 5.10 Å². The molecular formula is C27H32BrFN2O10. The van der Waals surface area contributed by atoms with E-state index in [-0.39, 0.29) is 18.2 Å². The van der Waals surface area contributed by atoms with Crippen LogP contribution in [0, 0.1) is 5.82 Å². The molecule has 5 atom stereocenters. The third-order valence-electron chi connectivity index (χ3n) is 6.00. The van der Waals surface area contributed by atoms with Gasteiger partial charge in [0.05, 0.1) is 0 Å². The van der Waals surface area contributed by atoms with E-state index >= 15 is 0 Å². The molecule has 0 aliphatic carbocycles. The number of nitrogens with zero attached hydrogens (tertiary/aromatic N) is 1. The molecule has 0 bridgehead atoms. The Bertz CT molecular complexity index is 1280. The number of aromatic nitrogens is 2. The Morgan fingerprint density at radius 2 is 1.59 bits per heavy atom. The van der Waals surface area contributed by atoms with Gasteiger partial charge < -0.3 is 28.4 Å². The van der Waals surface area contributed by atoms with E-state index in [0.29, 0.717) is 21.3 Å². The van der Waals surface area contributed by atoms with Crippen molar-refractivity contribution < 1.29 is 52.0 Å². The lowest BCUT2D eigenvalue weighted by molar-refractivity contribution is -0.289. The zero-order valence-electron chi connectivity index (χ0n) is 23.4. The largest absolute Gasteiger partial charge is 0.463 e. The second-order valence-electron chi connectivity index (χ2n) is 9.67. The van der Waals surface area contributed by atoms with Crippen LogP contribution in [0.4, 0.5) is 4.39 Å². The van der Waals surface area contributed by atoms with Crippen molar-refractivity contribution in [3.8, 4) is 5.88 Å². The minimum atomic E-state index is -1.48. The van der Waals surface area contributed by atoms with E-state index in [9.17, 15) is 23.6 Å². The van der Waals surface area contributed by atoms with Crippen molar-refractivity contribution in [2.45, 2.75) is 84.6 Å². The Morgan fingerprint density at radius 3 is 2.15 bits per heavy atom. The predicted molar refractivity (Wildman–Crippen MR) is 142 cm³/mol. The SMILES string of the molecule is CC(=O)OC[C@H]1OC(Oc2n[nH]c(C(C)C)c2Cc2ccc(Br)cc2F)[C@H](OC(C)=O)[C@@H](OC(C)=O)[C@H]1OC(C)=O. The van der Waals surface area contributed by atoms with E-state index in [2.05, 4.69) is 26.1 Å². The fraction of sp³-hybridized carbons (Fsp3) is 0.519. The lowest BCUT2D eigenvalue weighted by atomic mass is 9.97. The summed E-state index contributed by atoms with van der Waals surface area (Å²) in [6, 6.07) is 4.66. The number of ether oxygens (including phenoxy) is 6. The number of halogens is 2. The van der Waals surface area contributed by atoms with Gasteiger partial charge in [0.1, 0.15) is 18.5 Å². The first-order chi connectivity index (χ1) is 19.3. The van der Waals surface area contributed by atoms with Crippen LogP contribution in [-0.4, -0.2) is 71.4 Å². The van der Waals surface area contributed by atoms with Crippen molar-refractivity contribution in [2.24, 2.45) is 0 Å². The number of carbonyl (C=O) groups excluding carboxylic acids is 4. The zero-order chi connectivity index (χ0) is 30.4. The highest BCUT2D eigenvalue weighted by Crippen LogP contribution is 2.34. The van der Waals surface area contributed by atoms with Crippen molar-refractivity contribution in [3.63, 3.8) is 0 Å². The number of hydrogen-bond acceptors (Lipinski definition) is 11. The lowest BCUT2D eigenvalue weighted by Gasteiger charge is -2.43. The van der Waals surface area contributed by atoms with Gasteiger partial charge in [-0.25, -0.2) is 4.39 Å². The topological polar surface area (TPSA) is 152 Å². The second-order valence-corrected chi connectivity index (χ2v) is 10.6. The van der Waals surface area contributed by atoms with Crippen molar-refractivity contribution in [1.82, 2.24) is 10.2 Å². The molecule has 1 unspecified atom stereocenters. The van der Waals surface area contributed by atoms with Crippen molar-refractivity contribution in [3.05, 3.63) is 45.3 Å². The highest BCUT2D eigenvalue weighted by Gasteiger charge is 2.53. The van der Waals surface area contributed by atoms with Crippen LogP contribution in [0.5, 0.6) is 5.88 Å². The summed E-state index contributed by atoms with van der Waals surface area (Å²) in [4.78, 5) is 47.7. The minimum Gasteiger partial charge on any atom is -0.463 e. The van der Waals surface area contributed by atoms with Gasteiger partial charge in [-0.2, -0.15) is 0 Å². The monoisotopic (exact) mass is 642 g/mol. The molecule has 12 nitrogen and oxygen atoms in total. The first-order valence-corrected chi connectivity index (χ1v) is 13.5. The van der Waals surface area contributed by atoms with Crippen LogP contribution in [0.25, 0.3) is 0 Å². The Labute approximate surface area is 244 Å². The summed E-state index contributed by atoms with van der Waals surface area (Å²) < 4.78 is 48.9. The maximum Gasteiger partial charge on any atom is 0.303 e. The molecule has 2 heterocycles. The van der Waals surface area contributed by atoms with Gasteiger partial charge in [-0.1, -0.05) is 35.8 Å². The molecule has 224 valence electrons. The third-order valence-corrected chi connectivity index (χ3v) is 6.49. The van der Waals surface area contributed by atoms with E-state index in [4.69, 9.17) is 28.4 Å². The summed E-state index contributed by atoms with van der Waals surface area (Å²) in [5.74, 6) is -3.45. The Hall–Kier alpha value is -3.52. The molecule has 1 N–H and O–H groups in total. The standard InChI is InChI=1S/C27H32BrFN2O10/c1-12(2)22-19(9-17-7-8-18(28)10-20(17)29)26(31-30-22)41-27-25(39-16(6)35)24(38-15(5)34)23(37-14(4)33)21(40-27)11-36-13(3)32/h7-8,10,12,21,23-25,27H,9,11H2,1-6H3,(H,30,31)/t21-,23+,24+,25-,27?/m1/s1. The average molecular weight is 643 g/mol. The van der Waals surface area contributed by atoms with Gasteiger partial charge in [-0.05, 0) is 23.6 Å². The molecule has 0 amide bonds. The molecule has 1 aromatic carbocycles. The molecule has 3 rings (SSSR count). The Morgan fingerprint density at radius 1 is 0.976 bits per heavy atom. The number of nitrogens with one attached hydrogen (secondary N) is 1. The third kappa shape index (κ3) is 8.49. The quantitative estimate of drug-likeness (QED) is 0.299. The summed E-state index contributed by atoms with van der Waals surface area (Å²) in [5.41, 5.74) is 1.53. The van der Waals surface area contributed by atoms with E-state index in [1.807, 2.05) is 13.8 Å². The maximum atomic E-state index is 14.8. The minimum absolute atomic E-state index is 0.0110. The Balaban J connectivity index is 2.06. The highest BCUT2D eigenvalue weighted by atomic mass is 79.9. The number of carbonyl (C=O) groups is 4. The summed E-state index contributed by atoms with van der Waals surface area (Å²) in [6.07, 6.45) is -6.76. The number of H-pyrrole nitrogens is 1. The van der Waals surface area contributed by atoms with Gasteiger partial charge in [0.15, 0.2) is 12.2 Å². The van der Waals surface area contributed by atoms with E-state index in [0.717, 1.165) is 20.8 Å². The number of rotatable bonds is 10. The van der Waals surface area contributed by atoms with Crippen LogP contribution < -0.4 is 4.74 Å². The first-order valence-electron chi connectivity index (χ1n) is 12.7. The smallest absolute Gasteiger partial charge is 0.303 e. The number of esters is 4. The van der Waals surface area contributed by atoms with Crippen LogP contribution in [0.1, 0.15) is 64.3 Å². The van der Waals surface area contributed by atoms with E-state index < -0.39 is 67.0 Å². The van der Waals surface area contributed by atoms with Crippen LogP contribution in [-0.2, 0) is 49.3 Å². The van der Waals surface area contributed by atoms with Gasteiger partial charge in [-0.3, -0.25) is 24.3 Å². The summed E-state index contributed by atoms with van der Waals surface area (Å²) >= 11 is 3.25. The molecule has 0 radical (unpaired) electrons. The summed E-state index contributed by atoms with van der Waals surface area (Å²) in [5, 5.41) is 7.17. The number of aromatic amines is 1. The first kappa shape index (κ1) is 32.0. The van der Waals surface area contributed by atoms with Crippen LogP contribution in [0.2, 0.25) is 0 Å². The van der Waals surface area contributed by atoms with Gasteiger partial charge in [0.2, 0.25) is 18.3 Å². The summed E-state index contributed by atoms with van der Waals surface area (Å²) in [6.45, 7) is 7.96. The van der Waals surface area contributed by atoms with Crippen LogP contribution >= 0.6 is 15.9 Å². The van der Waals surface area contributed by atoms with Gasteiger partial charge in [0.25, 0.3) is 0 Å². The average Bonchev–Trinajstić information content (AvgIpc) is 3.24. The molecule has 0 spiro atoms. The summed E-state index contributed by atoms with van der Waals surface area (Å²) in [7, 11) is 0. The van der Waals surface area contributed by atoms with E-state index in [1.54, 1.807) is 12.1 Å².